The molecule has 0 heterocycles. The van der Waals surface area contributed by atoms with Crippen molar-refractivity contribution in [3.05, 3.63) is 65.2 Å². The van der Waals surface area contributed by atoms with Crippen molar-refractivity contribution >= 4 is 0 Å². The minimum atomic E-state index is 0.543. The first kappa shape index (κ1) is 15.6. The third kappa shape index (κ3) is 4.91. The van der Waals surface area contributed by atoms with Gasteiger partial charge in [-0.2, -0.15) is 0 Å². The zero-order chi connectivity index (χ0) is 15.1. The van der Waals surface area contributed by atoms with Gasteiger partial charge in [0.05, 0.1) is 0 Å². The summed E-state index contributed by atoms with van der Waals surface area (Å²) in [5.74, 6) is 0.932. The van der Waals surface area contributed by atoms with Crippen molar-refractivity contribution < 1.29 is 4.74 Å². The topological polar surface area (TPSA) is 21.3 Å². The minimum absolute atomic E-state index is 0.543. The van der Waals surface area contributed by atoms with E-state index in [2.05, 4.69) is 68.6 Å². The smallest absolute Gasteiger partial charge is 0.120 e. The predicted molar refractivity (Wildman–Crippen MR) is 88.5 cm³/mol. The molecule has 0 spiro atoms. The maximum atomic E-state index is 5.92. The van der Waals surface area contributed by atoms with Crippen LogP contribution in [0.1, 0.15) is 37.0 Å². The summed E-state index contributed by atoms with van der Waals surface area (Å²) in [6, 6.07) is 17.2. The van der Waals surface area contributed by atoms with Crippen molar-refractivity contribution in [1.82, 2.24) is 5.32 Å². The molecule has 0 bridgehead atoms. The summed E-state index contributed by atoms with van der Waals surface area (Å²) < 4.78 is 5.92. The van der Waals surface area contributed by atoms with Gasteiger partial charge in [0, 0.05) is 12.6 Å². The summed E-state index contributed by atoms with van der Waals surface area (Å²) >= 11 is 0. The highest BCUT2D eigenvalue weighted by atomic mass is 16.5. The van der Waals surface area contributed by atoms with Crippen molar-refractivity contribution in [2.45, 2.75) is 46.4 Å². The Morgan fingerprint density at radius 1 is 1.10 bits per heavy atom. The van der Waals surface area contributed by atoms with Crippen LogP contribution in [0, 0.1) is 6.92 Å². The Morgan fingerprint density at radius 2 is 1.90 bits per heavy atom. The van der Waals surface area contributed by atoms with Crippen LogP contribution in [0.3, 0.4) is 0 Å². The average Bonchev–Trinajstić information content (AvgIpc) is 2.52. The Morgan fingerprint density at radius 3 is 2.67 bits per heavy atom. The monoisotopic (exact) mass is 283 g/mol. The van der Waals surface area contributed by atoms with Gasteiger partial charge in [0.1, 0.15) is 12.4 Å². The molecule has 21 heavy (non-hydrogen) atoms. The lowest BCUT2D eigenvalue weighted by Crippen LogP contribution is -2.24. The fourth-order valence-electron chi connectivity index (χ4n) is 2.11. The summed E-state index contributed by atoms with van der Waals surface area (Å²) in [6.07, 6.45) is 1.14. The lowest BCUT2D eigenvalue weighted by molar-refractivity contribution is 0.305. The standard InChI is InChI=1S/C19H25NO/c1-4-16(3)20-13-17-9-7-11-19(12-17)21-14-18-10-6-5-8-15(18)2/h5-12,16,20H,4,13-14H2,1-3H3/t16-/m0/s1. The van der Waals surface area contributed by atoms with Gasteiger partial charge in [-0.1, -0.05) is 43.3 Å². The van der Waals surface area contributed by atoms with Crippen molar-refractivity contribution in [2.75, 3.05) is 0 Å². The lowest BCUT2D eigenvalue weighted by atomic mass is 10.1. The molecule has 2 rings (SSSR count). The van der Waals surface area contributed by atoms with Crippen LogP contribution < -0.4 is 10.1 Å². The first-order chi connectivity index (χ1) is 10.2. The van der Waals surface area contributed by atoms with E-state index < -0.39 is 0 Å². The predicted octanol–water partition coefficient (Wildman–Crippen LogP) is 4.46. The molecule has 112 valence electrons. The molecule has 0 radical (unpaired) electrons. The van der Waals surface area contributed by atoms with Crippen LogP contribution in [0.5, 0.6) is 5.75 Å². The normalized spacial score (nSPS) is 12.1. The van der Waals surface area contributed by atoms with Crippen LogP contribution in [-0.4, -0.2) is 6.04 Å². The van der Waals surface area contributed by atoms with Gasteiger partial charge in [-0.3, -0.25) is 0 Å². The van der Waals surface area contributed by atoms with Crippen molar-refractivity contribution in [2.24, 2.45) is 0 Å². The third-order valence-electron chi connectivity index (χ3n) is 3.82. The molecule has 2 heteroatoms. The highest BCUT2D eigenvalue weighted by molar-refractivity contribution is 5.30. The van der Waals surface area contributed by atoms with Gasteiger partial charge < -0.3 is 10.1 Å². The Balaban J connectivity index is 1.93. The van der Waals surface area contributed by atoms with E-state index in [9.17, 15) is 0 Å². The number of hydrogen-bond acceptors (Lipinski definition) is 2. The molecule has 0 aromatic heterocycles. The van der Waals surface area contributed by atoms with Gasteiger partial charge in [-0.05, 0) is 49.1 Å². The largest absolute Gasteiger partial charge is 0.489 e. The molecular formula is C19H25NO. The Hall–Kier alpha value is -1.80. The molecule has 0 saturated heterocycles. The average molecular weight is 283 g/mol. The quantitative estimate of drug-likeness (QED) is 0.810. The first-order valence-corrected chi connectivity index (χ1v) is 7.68. The minimum Gasteiger partial charge on any atom is -0.489 e. The molecule has 0 fully saturated rings. The maximum absolute atomic E-state index is 5.92. The van der Waals surface area contributed by atoms with Gasteiger partial charge >= 0.3 is 0 Å². The van der Waals surface area contributed by atoms with Gasteiger partial charge in [0.25, 0.3) is 0 Å². The van der Waals surface area contributed by atoms with E-state index in [0.717, 1.165) is 18.7 Å². The van der Waals surface area contributed by atoms with Crippen LogP contribution in [0.25, 0.3) is 0 Å². The van der Waals surface area contributed by atoms with E-state index >= 15 is 0 Å². The molecule has 1 atom stereocenters. The van der Waals surface area contributed by atoms with E-state index in [1.54, 1.807) is 0 Å². The van der Waals surface area contributed by atoms with Crippen LogP contribution in [0.2, 0.25) is 0 Å². The molecule has 1 N–H and O–H groups in total. The third-order valence-corrected chi connectivity index (χ3v) is 3.82. The van der Waals surface area contributed by atoms with E-state index in [1.165, 1.54) is 16.7 Å². The SMILES string of the molecule is CC[C@H](C)NCc1cccc(OCc2ccccc2C)c1. The number of nitrogens with one attached hydrogen (secondary N) is 1. The Bertz CT molecular complexity index is 565. The highest BCUT2D eigenvalue weighted by Gasteiger charge is 2.02. The number of rotatable bonds is 7. The molecule has 0 unspecified atom stereocenters. The van der Waals surface area contributed by atoms with Gasteiger partial charge in [0.15, 0.2) is 0 Å². The second-order valence-electron chi connectivity index (χ2n) is 5.55. The van der Waals surface area contributed by atoms with Crippen LogP contribution >= 0.6 is 0 Å². The lowest BCUT2D eigenvalue weighted by Gasteiger charge is -2.13. The van der Waals surface area contributed by atoms with Crippen molar-refractivity contribution in [3.63, 3.8) is 0 Å². The second-order valence-corrected chi connectivity index (χ2v) is 5.55. The molecule has 2 nitrogen and oxygen atoms in total. The molecule has 2 aromatic carbocycles. The number of hydrogen-bond donors (Lipinski definition) is 1. The zero-order valence-corrected chi connectivity index (χ0v) is 13.2. The van der Waals surface area contributed by atoms with E-state index in [-0.39, 0.29) is 0 Å². The molecule has 0 aliphatic rings. The van der Waals surface area contributed by atoms with E-state index in [0.29, 0.717) is 12.6 Å². The Labute approximate surface area is 128 Å². The van der Waals surface area contributed by atoms with E-state index in [4.69, 9.17) is 4.74 Å². The van der Waals surface area contributed by atoms with Crippen molar-refractivity contribution in [3.8, 4) is 5.75 Å². The zero-order valence-electron chi connectivity index (χ0n) is 13.2. The van der Waals surface area contributed by atoms with Crippen LogP contribution in [0.4, 0.5) is 0 Å². The second kappa shape index (κ2) is 7.84. The molecule has 0 saturated carbocycles. The van der Waals surface area contributed by atoms with Crippen LogP contribution in [0.15, 0.2) is 48.5 Å². The van der Waals surface area contributed by atoms with Crippen molar-refractivity contribution in [1.29, 1.82) is 0 Å². The van der Waals surface area contributed by atoms with E-state index in [1.807, 2.05) is 6.07 Å². The summed E-state index contributed by atoms with van der Waals surface area (Å²) in [7, 11) is 0. The number of benzene rings is 2. The van der Waals surface area contributed by atoms with Gasteiger partial charge in [0.2, 0.25) is 0 Å². The summed E-state index contributed by atoms with van der Waals surface area (Å²) in [5, 5.41) is 3.50. The molecular weight excluding hydrogens is 258 g/mol. The maximum Gasteiger partial charge on any atom is 0.120 e. The fourth-order valence-corrected chi connectivity index (χ4v) is 2.11. The number of aryl methyl sites for hydroxylation is 1. The first-order valence-electron chi connectivity index (χ1n) is 7.68. The molecule has 0 aliphatic heterocycles. The summed E-state index contributed by atoms with van der Waals surface area (Å²) in [5.41, 5.74) is 3.77. The summed E-state index contributed by atoms with van der Waals surface area (Å²) in [4.78, 5) is 0. The fraction of sp³-hybridized carbons (Fsp3) is 0.368. The van der Waals surface area contributed by atoms with Crippen LogP contribution in [-0.2, 0) is 13.2 Å². The molecule has 0 amide bonds. The number of ether oxygens (including phenoxy) is 1. The van der Waals surface area contributed by atoms with Gasteiger partial charge in [-0.25, -0.2) is 0 Å². The molecule has 2 aromatic rings. The van der Waals surface area contributed by atoms with Gasteiger partial charge in [-0.15, -0.1) is 0 Å². The highest BCUT2D eigenvalue weighted by Crippen LogP contribution is 2.16. The summed E-state index contributed by atoms with van der Waals surface area (Å²) in [6.45, 7) is 8.02. The Kier molecular flexibility index (Phi) is 5.82. The molecule has 0 aliphatic carbocycles.